The zero-order valence-electron chi connectivity index (χ0n) is 8.96. The molecular formula is C11H15BrN2S. The summed E-state index contributed by atoms with van der Waals surface area (Å²) in [6, 6.07) is 2.67. The number of nitrogens with zero attached hydrogens (tertiary/aromatic N) is 1. The summed E-state index contributed by atoms with van der Waals surface area (Å²) in [7, 11) is 0. The maximum absolute atomic E-state index is 4.37. The van der Waals surface area contributed by atoms with Gasteiger partial charge in [0, 0.05) is 22.0 Å². The number of halogens is 1. The molecule has 2 heterocycles. The number of nitrogens with one attached hydrogen (secondary N) is 1. The monoisotopic (exact) mass is 286 g/mol. The van der Waals surface area contributed by atoms with Crippen LogP contribution in [-0.2, 0) is 0 Å². The highest BCUT2D eigenvalue weighted by atomic mass is 79.9. The number of rotatable bonds is 2. The molecule has 0 radical (unpaired) electrons. The second kappa shape index (κ2) is 4.74. The highest BCUT2D eigenvalue weighted by Gasteiger charge is 2.23. The number of hydrogen-bond donors (Lipinski definition) is 1. The molecule has 2 rings (SSSR count). The third-order valence-electron chi connectivity index (χ3n) is 2.76. The Labute approximate surface area is 103 Å². The van der Waals surface area contributed by atoms with Gasteiger partial charge >= 0.3 is 0 Å². The molecule has 0 amide bonds. The topological polar surface area (TPSA) is 24.9 Å². The van der Waals surface area contributed by atoms with E-state index in [1.54, 1.807) is 0 Å². The molecule has 1 aromatic heterocycles. The van der Waals surface area contributed by atoms with Crippen LogP contribution < -0.4 is 5.32 Å². The highest BCUT2D eigenvalue weighted by Crippen LogP contribution is 2.28. The van der Waals surface area contributed by atoms with E-state index in [0.717, 1.165) is 10.3 Å². The Kier molecular flexibility index (Phi) is 3.57. The highest BCUT2D eigenvalue weighted by molar-refractivity contribution is 9.10. The van der Waals surface area contributed by atoms with Gasteiger partial charge in [0.05, 0.1) is 0 Å². The van der Waals surface area contributed by atoms with E-state index in [4.69, 9.17) is 0 Å². The summed E-state index contributed by atoms with van der Waals surface area (Å²) in [6.45, 7) is 4.37. The molecule has 1 N–H and O–H groups in total. The molecule has 82 valence electrons. The van der Waals surface area contributed by atoms with Crippen LogP contribution in [0.15, 0.2) is 16.7 Å². The van der Waals surface area contributed by atoms with E-state index in [9.17, 15) is 0 Å². The fourth-order valence-corrected chi connectivity index (χ4v) is 3.14. The fraction of sp³-hybridized carbons (Fsp3) is 0.545. The Hall–Kier alpha value is -0.220. The van der Waals surface area contributed by atoms with Crippen LogP contribution in [0.5, 0.6) is 0 Å². The van der Waals surface area contributed by atoms with Gasteiger partial charge in [-0.2, -0.15) is 11.8 Å². The lowest BCUT2D eigenvalue weighted by Gasteiger charge is -2.17. The zero-order chi connectivity index (χ0) is 10.8. The maximum Gasteiger partial charge on any atom is 0.126 e. The molecule has 0 bridgehead atoms. The lowest BCUT2D eigenvalue weighted by molar-refractivity contribution is 0.720. The summed E-state index contributed by atoms with van der Waals surface area (Å²) < 4.78 is 1.07. The van der Waals surface area contributed by atoms with Crippen molar-refractivity contribution in [2.24, 2.45) is 0 Å². The smallest absolute Gasteiger partial charge is 0.126 e. The predicted octanol–water partition coefficient (Wildman–Crippen LogP) is 3.46. The first-order valence-electron chi connectivity index (χ1n) is 5.17. The first kappa shape index (κ1) is 11.3. The SMILES string of the molecule is Cc1cc(NC2CCSC2C)ncc1Br. The lowest BCUT2D eigenvalue weighted by Crippen LogP contribution is -2.25. The van der Waals surface area contributed by atoms with Crippen molar-refractivity contribution in [2.45, 2.75) is 31.6 Å². The normalized spacial score (nSPS) is 25.5. The molecule has 4 heteroatoms. The fourth-order valence-electron chi connectivity index (χ4n) is 1.73. The van der Waals surface area contributed by atoms with Gasteiger partial charge in [-0.15, -0.1) is 0 Å². The third kappa shape index (κ3) is 2.67. The van der Waals surface area contributed by atoms with Crippen LogP contribution in [0.25, 0.3) is 0 Å². The minimum atomic E-state index is 0.572. The van der Waals surface area contributed by atoms with Crippen LogP contribution >= 0.6 is 27.7 Å². The first-order chi connectivity index (χ1) is 7.16. The number of anilines is 1. The maximum atomic E-state index is 4.37. The van der Waals surface area contributed by atoms with Crippen molar-refractivity contribution in [2.75, 3.05) is 11.1 Å². The predicted molar refractivity (Wildman–Crippen MR) is 70.6 cm³/mol. The van der Waals surface area contributed by atoms with E-state index in [1.165, 1.54) is 17.7 Å². The van der Waals surface area contributed by atoms with E-state index in [2.05, 4.69) is 46.1 Å². The molecule has 1 saturated heterocycles. The Bertz CT molecular complexity index is 356. The number of aromatic nitrogens is 1. The van der Waals surface area contributed by atoms with Crippen LogP contribution in [0.1, 0.15) is 18.9 Å². The second-order valence-electron chi connectivity index (χ2n) is 3.93. The van der Waals surface area contributed by atoms with Gasteiger partial charge in [-0.1, -0.05) is 6.92 Å². The zero-order valence-corrected chi connectivity index (χ0v) is 11.4. The summed E-state index contributed by atoms with van der Waals surface area (Å²) in [4.78, 5) is 4.37. The molecule has 2 atom stereocenters. The first-order valence-corrected chi connectivity index (χ1v) is 7.01. The quantitative estimate of drug-likeness (QED) is 0.901. The van der Waals surface area contributed by atoms with Crippen molar-refractivity contribution >= 4 is 33.5 Å². The summed E-state index contributed by atoms with van der Waals surface area (Å²) in [5.74, 6) is 2.25. The van der Waals surface area contributed by atoms with Crippen molar-refractivity contribution < 1.29 is 0 Å². The van der Waals surface area contributed by atoms with Crippen LogP contribution in [-0.4, -0.2) is 22.0 Å². The van der Waals surface area contributed by atoms with Crippen LogP contribution in [0.3, 0.4) is 0 Å². The van der Waals surface area contributed by atoms with E-state index < -0.39 is 0 Å². The molecule has 0 aliphatic carbocycles. The van der Waals surface area contributed by atoms with Gasteiger partial charge in [-0.3, -0.25) is 0 Å². The Balaban J connectivity index is 2.07. The molecule has 1 aromatic rings. The molecular weight excluding hydrogens is 272 g/mol. The molecule has 2 unspecified atom stereocenters. The average Bonchev–Trinajstić information content (AvgIpc) is 2.59. The minimum Gasteiger partial charge on any atom is -0.366 e. The summed E-state index contributed by atoms with van der Waals surface area (Å²) >= 11 is 5.49. The lowest BCUT2D eigenvalue weighted by atomic mass is 10.1. The van der Waals surface area contributed by atoms with Gasteiger partial charge in [0.1, 0.15) is 5.82 Å². The standard InChI is InChI=1S/C11H15BrN2S/c1-7-5-11(13-6-9(7)12)14-10-3-4-15-8(10)2/h5-6,8,10H,3-4H2,1-2H3,(H,13,14). The molecule has 0 spiro atoms. The van der Waals surface area contributed by atoms with E-state index in [-0.39, 0.29) is 0 Å². The van der Waals surface area contributed by atoms with Gasteiger partial charge in [-0.25, -0.2) is 4.98 Å². The summed E-state index contributed by atoms with van der Waals surface area (Å²) in [5.41, 5.74) is 1.23. The van der Waals surface area contributed by atoms with Crippen LogP contribution in [0.4, 0.5) is 5.82 Å². The van der Waals surface area contributed by atoms with Crippen molar-refractivity contribution in [3.63, 3.8) is 0 Å². The molecule has 0 saturated carbocycles. The van der Waals surface area contributed by atoms with Gasteiger partial charge in [-0.05, 0) is 46.7 Å². The largest absolute Gasteiger partial charge is 0.366 e. The van der Waals surface area contributed by atoms with E-state index in [1.807, 2.05) is 18.0 Å². The Morgan fingerprint density at radius 1 is 1.60 bits per heavy atom. The summed E-state index contributed by atoms with van der Waals surface area (Å²) in [5, 5.41) is 4.20. The molecule has 1 fully saturated rings. The molecule has 15 heavy (non-hydrogen) atoms. The molecule has 1 aliphatic heterocycles. The van der Waals surface area contributed by atoms with E-state index >= 15 is 0 Å². The average molecular weight is 287 g/mol. The Morgan fingerprint density at radius 2 is 2.40 bits per heavy atom. The van der Waals surface area contributed by atoms with Gasteiger partial charge in [0.15, 0.2) is 0 Å². The molecule has 0 aromatic carbocycles. The van der Waals surface area contributed by atoms with Gasteiger partial charge < -0.3 is 5.32 Å². The number of pyridine rings is 1. The van der Waals surface area contributed by atoms with Crippen molar-refractivity contribution in [3.05, 3.63) is 22.3 Å². The van der Waals surface area contributed by atoms with Gasteiger partial charge in [0.25, 0.3) is 0 Å². The Morgan fingerprint density at radius 3 is 3.00 bits per heavy atom. The summed E-state index contributed by atoms with van der Waals surface area (Å²) in [6.07, 6.45) is 3.10. The van der Waals surface area contributed by atoms with Crippen molar-refractivity contribution in [1.82, 2.24) is 4.98 Å². The van der Waals surface area contributed by atoms with Crippen molar-refractivity contribution in [3.8, 4) is 0 Å². The number of hydrogen-bond acceptors (Lipinski definition) is 3. The van der Waals surface area contributed by atoms with E-state index in [0.29, 0.717) is 11.3 Å². The van der Waals surface area contributed by atoms with Crippen LogP contribution in [0.2, 0.25) is 0 Å². The second-order valence-corrected chi connectivity index (χ2v) is 6.27. The minimum absolute atomic E-state index is 0.572. The van der Waals surface area contributed by atoms with Crippen molar-refractivity contribution in [1.29, 1.82) is 0 Å². The number of thioether (sulfide) groups is 1. The van der Waals surface area contributed by atoms with Gasteiger partial charge in [0.2, 0.25) is 0 Å². The molecule has 2 nitrogen and oxygen atoms in total. The number of aryl methyl sites for hydroxylation is 1. The van der Waals surface area contributed by atoms with Crippen LogP contribution in [0, 0.1) is 6.92 Å². The third-order valence-corrected chi connectivity index (χ3v) is 4.91. The molecule has 1 aliphatic rings.